The lowest BCUT2D eigenvalue weighted by Crippen LogP contribution is -2.49. The first kappa shape index (κ1) is 21.1. The van der Waals surface area contributed by atoms with Crippen LogP contribution in [0.3, 0.4) is 0 Å². The van der Waals surface area contributed by atoms with Crippen LogP contribution in [0.2, 0.25) is 0 Å². The second kappa shape index (κ2) is 9.73. The van der Waals surface area contributed by atoms with Gasteiger partial charge in [-0.2, -0.15) is 0 Å². The zero-order valence-corrected chi connectivity index (χ0v) is 17.6. The summed E-state index contributed by atoms with van der Waals surface area (Å²) < 4.78 is 0. The van der Waals surface area contributed by atoms with Crippen LogP contribution in [0.1, 0.15) is 30.6 Å². The van der Waals surface area contributed by atoms with Crippen molar-refractivity contribution in [2.45, 2.75) is 25.2 Å². The fourth-order valence-corrected chi connectivity index (χ4v) is 4.44. The van der Waals surface area contributed by atoms with E-state index in [0.29, 0.717) is 42.6 Å². The summed E-state index contributed by atoms with van der Waals surface area (Å²) in [5.74, 6) is 2.11. The molecule has 0 atom stereocenters. The van der Waals surface area contributed by atoms with Gasteiger partial charge in [-0.1, -0.05) is 19.9 Å². The third-order valence-electron chi connectivity index (χ3n) is 4.90. The predicted octanol–water partition coefficient (Wildman–Crippen LogP) is 4.09. The minimum atomic E-state index is -0.395. The summed E-state index contributed by atoms with van der Waals surface area (Å²) in [6.07, 6.45) is 2.75. The van der Waals surface area contributed by atoms with Gasteiger partial charge in [0.15, 0.2) is 0 Å². The average Bonchev–Trinajstić information content (AvgIpc) is 2.74. The third kappa shape index (κ3) is 5.47. The largest absolute Gasteiger partial charge is 0.353 e. The molecule has 1 aliphatic heterocycles. The van der Waals surface area contributed by atoms with Crippen LogP contribution >= 0.6 is 11.8 Å². The second-order valence-corrected chi connectivity index (χ2v) is 8.57. The number of amides is 1. The number of anilines is 1. The van der Waals surface area contributed by atoms with Crippen LogP contribution in [0.25, 0.3) is 0 Å². The highest BCUT2D eigenvalue weighted by atomic mass is 32.2. The van der Waals surface area contributed by atoms with Crippen molar-refractivity contribution in [2.75, 3.05) is 36.8 Å². The van der Waals surface area contributed by atoms with E-state index in [0.717, 1.165) is 18.0 Å². The minimum absolute atomic E-state index is 0.0109. The first-order valence-corrected chi connectivity index (χ1v) is 10.8. The Morgan fingerprint density at radius 2 is 1.97 bits per heavy atom. The van der Waals surface area contributed by atoms with E-state index >= 15 is 0 Å². The standard InChI is InChI=1S/C21H26N4O3S/c1-16(2)8-14-29-19-7-6-17(15-18(19)25(27)28)21(26)24-12-10-23(11-13-24)20-5-3-4-9-22-20/h3-7,9,15-16H,8,10-14H2,1-2H3. The monoisotopic (exact) mass is 414 g/mol. The number of carbonyl (C=O) groups is 1. The molecule has 0 bridgehead atoms. The number of piperazine rings is 1. The first-order chi connectivity index (χ1) is 14.0. The van der Waals surface area contributed by atoms with Crippen LogP contribution in [-0.2, 0) is 0 Å². The topological polar surface area (TPSA) is 79.6 Å². The minimum Gasteiger partial charge on any atom is -0.353 e. The molecule has 0 radical (unpaired) electrons. The Balaban J connectivity index is 1.66. The summed E-state index contributed by atoms with van der Waals surface area (Å²) in [4.78, 5) is 32.9. The maximum absolute atomic E-state index is 12.9. The maximum Gasteiger partial charge on any atom is 0.283 e. The van der Waals surface area contributed by atoms with Crippen molar-refractivity contribution < 1.29 is 9.72 Å². The summed E-state index contributed by atoms with van der Waals surface area (Å²) in [7, 11) is 0. The zero-order chi connectivity index (χ0) is 20.8. The number of nitro benzene ring substituents is 1. The van der Waals surface area contributed by atoms with E-state index in [1.807, 2.05) is 18.2 Å². The molecule has 7 nitrogen and oxygen atoms in total. The molecule has 1 aromatic carbocycles. The van der Waals surface area contributed by atoms with Gasteiger partial charge in [0, 0.05) is 44.0 Å². The number of hydrogen-bond donors (Lipinski definition) is 0. The van der Waals surface area contributed by atoms with E-state index in [9.17, 15) is 14.9 Å². The van der Waals surface area contributed by atoms with Crippen LogP contribution in [0.4, 0.5) is 11.5 Å². The maximum atomic E-state index is 12.9. The highest BCUT2D eigenvalue weighted by molar-refractivity contribution is 7.99. The van der Waals surface area contributed by atoms with Crippen LogP contribution in [-0.4, -0.2) is 52.6 Å². The normalized spacial score (nSPS) is 14.3. The Labute approximate surface area is 175 Å². The quantitative estimate of drug-likeness (QED) is 0.386. The molecule has 1 aliphatic rings. The van der Waals surface area contributed by atoms with Crippen molar-refractivity contribution in [3.63, 3.8) is 0 Å². The number of carbonyl (C=O) groups excluding carboxylic acids is 1. The highest BCUT2D eigenvalue weighted by Crippen LogP contribution is 2.31. The van der Waals surface area contributed by atoms with Gasteiger partial charge in [0.2, 0.25) is 0 Å². The third-order valence-corrected chi connectivity index (χ3v) is 5.99. The zero-order valence-electron chi connectivity index (χ0n) is 16.8. The van der Waals surface area contributed by atoms with E-state index in [-0.39, 0.29) is 11.6 Å². The highest BCUT2D eigenvalue weighted by Gasteiger charge is 2.25. The van der Waals surface area contributed by atoms with E-state index in [4.69, 9.17) is 0 Å². The molecule has 154 valence electrons. The van der Waals surface area contributed by atoms with Gasteiger partial charge >= 0.3 is 0 Å². The van der Waals surface area contributed by atoms with Gasteiger partial charge in [-0.25, -0.2) is 4.98 Å². The molecule has 0 spiro atoms. The van der Waals surface area contributed by atoms with E-state index in [1.165, 1.54) is 17.8 Å². The Morgan fingerprint density at radius 3 is 2.59 bits per heavy atom. The lowest BCUT2D eigenvalue weighted by Gasteiger charge is -2.35. The van der Waals surface area contributed by atoms with Crippen molar-refractivity contribution in [3.8, 4) is 0 Å². The van der Waals surface area contributed by atoms with Crippen LogP contribution in [0.15, 0.2) is 47.5 Å². The molecule has 1 fully saturated rings. The molecule has 0 N–H and O–H groups in total. The van der Waals surface area contributed by atoms with Crippen molar-refractivity contribution in [1.82, 2.24) is 9.88 Å². The number of hydrogen-bond acceptors (Lipinski definition) is 6. The molecule has 2 heterocycles. The number of benzene rings is 1. The van der Waals surface area contributed by atoms with Crippen LogP contribution in [0.5, 0.6) is 0 Å². The molecule has 2 aromatic rings. The summed E-state index contributed by atoms with van der Waals surface area (Å²) in [6.45, 7) is 6.76. The molecule has 0 saturated carbocycles. The van der Waals surface area contributed by atoms with Crippen LogP contribution in [0, 0.1) is 16.0 Å². The van der Waals surface area contributed by atoms with Gasteiger partial charge < -0.3 is 9.80 Å². The van der Waals surface area contributed by atoms with Gasteiger partial charge in [-0.15, -0.1) is 11.8 Å². The molecule has 3 rings (SSSR count). The summed E-state index contributed by atoms with van der Waals surface area (Å²) in [6, 6.07) is 10.6. The fourth-order valence-electron chi connectivity index (χ4n) is 3.18. The summed E-state index contributed by atoms with van der Waals surface area (Å²) in [5, 5.41) is 11.5. The van der Waals surface area contributed by atoms with Crippen molar-refractivity contribution >= 4 is 29.2 Å². The lowest BCUT2D eigenvalue weighted by molar-refractivity contribution is -0.387. The van der Waals surface area contributed by atoms with Crippen molar-refractivity contribution in [1.29, 1.82) is 0 Å². The van der Waals surface area contributed by atoms with E-state index in [2.05, 4.69) is 23.7 Å². The van der Waals surface area contributed by atoms with Gasteiger partial charge in [0.25, 0.3) is 11.6 Å². The van der Waals surface area contributed by atoms with Gasteiger partial charge in [-0.3, -0.25) is 14.9 Å². The number of pyridine rings is 1. The van der Waals surface area contributed by atoms with E-state index < -0.39 is 4.92 Å². The molecule has 29 heavy (non-hydrogen) atoms. The molecular formula is C21H26N4O3S. The molecule has 8 heteroatoms. The number of aromatic nitrogens is 1. The Morgan fingerprint density at radius 1 is 1.21 bits per heavy atom. The van der Waals surface area contributed by atoms with E-state index in [1.54, 1.807) is 23.2 Å². The Kier molecular flexibility index (Phi) is 7.09. The molecule has 0 aliphatic carbocycles. The van der Waals surface area contributed by atoms with Gasteiger partial charge in [0.05, 0.1) is 9.82 Å². The summed E-state index contributed by atoms with van der Waals surface area (Å²) in [5.41, 5.74) is 0.382. The molecule has 1 aromatic heterocycles. The number of nitrogens with zero attached hydrogens (tertiary/aromatic N) is 4. The fraction of sp³-hybridized carbons (Fsp3) is 0.429. The Bertz CT molecular complexity index is 852. The average molecular weight is 415 g/mol. The SMILES string of the molecule is CC(C)CCSc1ccc(C(=O)N2CCN(c3ccccn3)CC2)cc1[N+](=O)[O-]. The Hall–Kier alpha value is -2.61. The molecular weight excluding hydrogens is 388 g/mol. The smallest absolute Gasteiger partial charge is 0.283 e. The molecule has 1 saturated heterocycles. The van der Waals surface area contributed by atoms with Gasteiger partial charge in [-0.05, 0) is 42.4 Å². The number of nitro groups is 1. The molecule has 1 amide bonds. The number of rotatable bonds is 7. The van der Waals surface area contributed by atoms with Gasteiger partial charge in [0.1, 0.15) is 5.82 Å². The first-order valence-electron chi connectivity index (χ1n) is 9.82. The van der Waals surface area contributed by atoms with Crippen LogP contribution < -0.4 is 4.90 Å². The summed E-state index contributed by atoms with van der Waals surface area (Å²) >= 11 is 1.48. The second-order valence-electron chi connectivity index (χ2n) is 7.44. The lowest BCUT2D eigenvalue weighted by atomic mass is 10.1. The predicted molar refractivity (Wildman–Crippen MR) is 116 cm³/mol. The molecule has 0 unspecified atom stereocenters. The van der Waals surface area contributed by atoms with Crippen molar-refractivity contribution in [3.05, 3.63) is 58.3 Å². The van der Waals surface area contributed by atoms with Crippen molar-refractivity contribution in [2.24, 2.45) is 5.92 Å². The number of thioether (sulfide) groups is 1.